The van der Waals surface area contributed by atoms with Crippen LogP contribution in [0, 0.1) is 13.8 Å². The van der Waals surface area contributed by atoms with E-state index in [1.54, 1.807) is 33.5 Å². The zero-order valence-corrected chi connectivity index (χ0v) is 37.8. The monoisotopic (exact) mass is 893 g/mol. The molecule has 7 rings (SSSR count). The predicted molar refractivity (Wildman–Crippen MR) is 244 cm³/mol. The summed E-state index contributed by atoms with van der Waals surface area (Å²) >= 11 is 1.31. The molecule has 1 saturated heterocycles. The Labute approximate surface area is 374 Å². The van der Waals surface area contributed by atoms with Gasteiger partial charge in [0.15, 0.2) is 5.78 Å². The van der Waals surface area contributed by atoms with E-state index in [1.807, 2.05) is 50.5 Å². The molecule has 5 N–H and O–H groups in total. The number of hydrogen-bond acceptors (Lipinski definition) is 13. The fourth-order valence-corrected chi connectivity index (χ4v) is 8.87. The second-order valence-electron chi connectivity index (χ2n) is 15.5. The van der Waals surface area contributed by atoms with Crippen molar-refractivity contribution in [3.05, 3.63) is 86.4 Å². The number of methoxy groups -OCH3 is 1. The summed E-state index contributed by atoms with van der Waals surface area (Å²) in [4.78, 5) is 69.0. The molecular weight excluding hydrogens is 839 g/mol. The Morgan fingerprint density at radius 2 is 1.55 bits per heavy atom. The Morgan fingerprint density at radius 1 is 0.875 bits per heavy atom. The number of carbonyl (C=O) groups excluding carboxylic acids is 4. The van der Waals surface area contributed by atoms with E-state index in [9.17, 15) is 19.2 Å². The lowest BCUT2D eigenvalue weighted by molar-refractivity contribution is 0.0358. The van der Waals surface area contributed by atoms with Gasteiger partial charge in [0, 0.05) is 63.2 Å². The summed E-state index contributed by atoms with van der Waals surface area (Å²) in [6.45, 7) is 13.1. The molecule has 0 spiro atoms. The zero-order chi connectivity index (χ0) is 45.5. The van der Waals surface area contributed by atoms with Crippen LogP contribution in [0.15, 0.2) is 42.5 Å². The molecule has 0 unspecified atom stereocenters. The Bertz CT molecular complexity index is 2720. The molecule has 0 saturated carbocycles. The molecule has 338 valence electrons. The number of imidazole rings is 2. The number of benzene rings is 2. The quantitative estimate of drug-likeness (QED) is 0.0478. The smallest absolute Gasteiger partial charge is 0.269 e. The first kappa shape index (κ1) is 45.6. The van der Waals surface area contributed by atoms with Crippen molar-refractivity contribution in [1.82, 2.24) is 38.8 Å². The van der Waals surface area contributed by atoms with Crippen LogP contribution in [-0.2, 0) is 37.2 Å². The predicted octanol–water partition coefficient (Wildman–Crippen LogP) is 5.26. The number of allylic oxidation sites excluding steroid dienone is 2. The van der Waals surface area contributed by atoms with Crippen molar-refractivity contribution in [2.45, 2.75) is 79.4 Å². The van der Waals surface area contributed by atoms with Gasteiger partial charge in [-0.15, -0.1) is 11.3 Å². The molecule has 1 aliphatic heterocycles. The van der Waals surface area contributed by atoms with Gasteiger partial charge in [-0.05, 0) is 70.4 Å². The third kappa shape index (κ3) is 10.2. The molecule has 19 heteroatoms. The van der Waals surface area contributed by atoms with E-state index >= 15 is 0 Å². The van der Waals surface area contributed by atoms with Gasteiger partial charge in [-0.3, -0.25) is 34.1 Å². The number of Topliss-reactive ketones (excluding diaryl/α,β-unsaturated/α-hetero) is 1. The van der Waals surface area contributed by atoms with Gasteiger partial charge in [0.2, 0.25) is 17.8 Å². The van der Waals surface area contributed by atoms with Crippen molar-refractivity contribution in [3.8, 4) is 11.5 Å². The van der Waals surface area contributed by atoms with Gasteiger partial charge in [0.25, 0.3) is 5.91 Å². The molecule has 64 heavy (non-hydrogen) atoms. The number of amides is 3. The number of fused-ring (bicyclic) bond motifs is 2. The van der Waals surface area contributed by atoms with Gasteiger partial charge in [-0.1, -0.05) is 19.1 Å². The van der Waals surface area contributed by atoms with Crippen LogP contribution < -0.4 is 26.3 Å². The number of primary amides is 2. The van der Waals surface area contributed by atoms with Gasteiger partial charge in [0.1, 0.15) is 38.9 Å². The minimum absolute atomic E-state index is 0.00413. The van der Waals surface area contributed by atoms with Crippen LogP contribution in [0.25, 0.3) is 22.1 Å². The van der Waals surface area contributed by atoms with Crippen molar-refractivity contribution < 1.29 is 33.4 Å². The van der Waals surface area contributed by atoms with Crippen molar-refractivity contribution in [2.24, 2.45) is 11.5 Å². The third-order valence-corrected chi connectivity index (χ3v) is 12.1. The maximum atomic E-state index is 13.7. The fraction of sp³-hybridized carbons (Fsp3) is 0.422. The Morgan fingerprint density at radius 3 is 2.22 bits per heavy atom. The van der Waals surface area contributed by atoms with Gasteiger partial charge >= 0.3 is 0 Å². The Kier molecular flexibility index (Phi) is 14.5. The van der Waals surface area contributed by atoms with E-state index in [0.717, 1.165) is 36.8 Å². The van der Waals surface area contributed by atoms with Gasteiger partial charge in [0.05, 0.1) is 54.4 Å². The van der Waals surface area contributed by atoms with Gasteiger partial charge < -0.3 is 34.8 Å². The number of morpholine rings is 1. The number of hydrogen-bond donors (Lipinski definition) is 3. The lowest BCUT2D eigenvalue weighted by Crippen LogP contribution is -2.37. The lowest BCUT2D eigenvalue weighted by Gasteiger charge is -2.26. The Hall–Kier alpha value is -6.44. The van der Waals surface area contributed by atoms with E-state index in [-0.39, 0.29) is 41.7 Å². The minimum atomic E-state index is -0.647. The summed E-state index contributed by atoms with van der Waals surface area (Å²) in [6, 6.07) is 8.27. The average Bonchev–Trinajstić information content (AvgIpc) is 4.05. The van der Waals surface area contributed by atoms with E-state index in [0.29, 0.717) is 108 Å². The highest BCUT2D eigenvalue weighted by Crippen LogP contribution is 2.33. The van der Waals surface area contributed by atoms with Crippen molar-refractivity contribution in [2.75, 3.05) is 51.9 Å². The van der Waals surface area contributed by atoms with Crippen molar-refractivity contribution in [1.29, 1.82) is 0 Å². The number of nitrogens with two attached hydrogens (primary N) is 2. The first-order valence-corrected chi connectivity index (χ1v) is 22.3. The first-order valence-electron chi connectivity index (χ1n) is 21.5. The largest absolute Gasteiger partial charge is 0.494 e. The second-order valence-corrected chi connectivity index (χ2v) is 16.7. The molecule has 0 radical (unpaired) electrons. The maximum absolute atomic E-state index is 13.7. The normalized spacial score (nSPS) is 13.3. The van der Waals surface area contributed by atoms with Gasteiger partial charge in [-0.25, -0.2) is 15.0 Å². The highest BCUT2D eigenvalue weighted by atomic mass is 32.1. The van der Waals surface area contributed by atoms with Crippen LogP contribution in [0.2, 0.25) is 0 Å². The van der Waals surface area contributed by atoms with Crippen LogP contribution >= 0.6 is 11.3 Å². The molecule has 6 aromatic rings. The third-order valence-electron chi connectivity index (χ3n) is 11.1. The number of nitrogens with one attached hydrogen (secondary N) is 1. The van der Waals surface area contributed by atoms with E-state index in [1.165, 1.54) is 18.4 Å². The second kappa shape index (κ2) is 20.4. The molecule has 3 amide bonds. The van der Waals surface area contributed by atoms with E-state index in [2.05, 4.69) is 20.3 Å². The molecule has 0 atom stereocenters. The highest BCUT2D eigenvalue weighted by molar-refractivity contribution is 7.13. The summed E-state index contributed by atoms with van der Waals surface area (Å²) < 4.78 is 23.2. The molecule has 1 aliphatic rings. The van der Waals surface area contributed by atoms with Crippen LogP contribution in [0.5, 0.6) is 11.5 Å². The van der Waals surface area contributed by atoms with E-state index in [4.69, 9.17) is 35.6 Å². The number of anilines is 1. The lowest BCUT2D eigenvalue weighted by atomic mass is 10.1. The molecule has 2 aromatic carbocycles. The summed E-state index contributed by atoms with van der Waals surface area (Å²) in [5.74, 6) is 0.155. The standard InChI is InChI=1S/C45H55N11O7S/c1-6-31-41(64-28(4)48-31)44(60)51-45-50-33-24-29(42(46)58)25-36(61-5)39(33)55(45)16-9-8-15-54-38(13-10-12-35(57)34-22-27(3)52-56(34)7-2)49-32-23-30(43(47)59)26-37(40(32)54)63-19-11-14-53-17-20-62-21-18-53/h8-9,22-26H,6-7,10-21H2,1-5H3,(H2,46,58)(H2,47,59)(H,50,51,60)/b9-8+. The molecular formula is C45H55N11O7S. The summed E-state index contributed by atoms with van der Waals surface area (Å²) in [5, 5.41) is 8.20. The van der Waals surface area contributed by atoms with Crippen LogP contribution in [0.4, 0.5) is 5.95 Å². The fourth-order valence-electron chi connectivity index (χ4n) is 7.97. The van der Waals surface area contributed by atoms with Crippen LogP contribution in [0.3, 0.4) is 0 Å². The van der Waals surface area contributed by atoms with Gasteiger partial charge in [-0.2, -0.15) is 5.10 Å². The first-order chi connectivity index (χ1) is 30.9. The SMILES string of the molecule is CCc1nc(C)sc1C(=O)Nc1nc2cc(C(N)=O)cc(OC)c2n1C/C=C/Cn1c(CCCC(=O)c2cc(C)nn2CC)nc2cc(C(N)=O)cc(OCCCN3CCOCC3)c21. The molecule has 18 nitrogen and oxygen atoms in total. The number of aryl methyl sites for hydroxylation is 5. The molecule has 4 aromatic heterocycles. The molecule has 0 bridgehead atoms. The average molecular weight is 894 g/mol. The zero-order valence-electron chi connectivity index (χ0n) is 36.9. The number of ketones is 1. The Balaban J connectivity index is 1.21. The number of carbonyl (C=O) groups is 4. The van der Waals surface area contributed by atoms with E-state index < -0.39 is 11.8 Å². The van der Waals surface area contributed by atoms with Crippen LogP contribution in [0.1, 0.15) is 96.2 Å². The number of thiazole rings is 1. The molecule has 5 heterocycles. The minimum Gasteiger partial charge on any atom is -0.494 e. The summed E-state index contributed by atoms with van der Waals surface area (Å²) in [6.07, 6.45) is 6.47. The molecule has 0 aliphatic carbocycles. The summed E-state index contributed by atoms with van der Waals surface area (Å²) in [5.41, 5.74) is 16.2. The number of rotatable bonds is 21. The topological polar surface area (TPSA) is 230 Å². The number of aromatic nitrogens is 7. The summed E-state index contributed by atoms with van der Waals surface area (Å²) in [7, 11) is 1.49. The number of nitrogens with zero attached hydrogens (tertiary/aromatic N) is 8. The maximum Gasteiger partial charge on any atom is 0.269 e. The number of ether oxygens (including phenoxy) is 3. The highest BCUT2D eigenvalue weighted by Gasteiger charge is 2.23. The van der Waals surface area contributed by atoms with Crippen molar-refractivity contribution in [3.63, 3.8) is 0 Å². The molecule has 1 fully saturated rings. The van der Waals surface area contributed by atoms with Crippen LogP contribution in [-0.4, -0.2) is 109 Å². The van der Waals surface area contributed by atoms with Crippen molar-refractivity contribution >= 4 is 62.9 Å².